The number of benzene rings is 1. The molecule has 0 aliphatic carbocycles. The molecule has 1 unspecified atom stereocenters. The number of hydrogen-bond donors (Lipinski definition) is 0. The van der Waals surface area contributed by atoms with Crippen molar-refractivity contribution in [1.82, 2.24) is 0 Å². The number of carbonyl (C=O) groups excluding carboxylic acids is 1. The molecule has 0 spiro atoms. The van der Waals surface area contributed by atoms with E-state index in [9.17, 15) is 4.79 Å². The van der Waals surface area contributed by atoms with Crippen LogP contribution in [0.1, 0.15) is 25.0 Å². The van der Waals surface area contributed by atoms with E-state index in [4.69, 9.17) is 9.47 Å². The molecule has 1 atom stereocenters. The number of para-hydroxylation sites is 1. The van der Waals surface area contributed by atoms with Gasteiger partial charge in [0, 0.05) is 12.0 Å². The molecule has 1 aromatic rings. The zero-order valence-electron chi connectivity index (χ0n) is 8.03. The Bertz CT molecular complexity index is 346. The van der Waals surface area contributed by atoms with Crippen LogP contribution in [0.25, 0.3) is 0 Å². The Hall–Kier alpha value is -1.51. The molecule has 14 heavy (non-hydrogen) atoms. The molecule has 2 rings (SSSR count). The molecule has 0 bridgehead atoms. The van der Waals surface area contributed by atoms with Gasteiger partial charge in [-0.1, -0.05) is 25.1 Å². The minimum absolute atomic E-state index is 0.185. The molecule has 0 saturated heterocycles. The second-order valence-electron chi connectivity index (χ2n) is 3.18. The van der Waals surface area contributed by atoms with Crippen LogP contribution in [0.3, 0.4) is 0 Å². The van der Waals surface area contributed by atoms with E-state index in [0.717, 1.165) is 11.3 Å². The van der Waals surface area contributed by atoms with E-state index in [0.29, 0.717) is 13.0 Å². The average molecular weight is 192 g/mol. The fourth-order valence-electron chi connectivity index (χ4n) is 1.47. The Labute approximate surface area is 82.6 Å². The predicted octanol–water partition coefficient (Wildman–Crippen LogP) is 2.07. The molecular weight excluding hydrogens is 180 g/mol. The van der Waals surface area contributed by atoms with Gasteiger partial charge in [0.15, 0.2) is 6.10 Å². The van der Waals surface area contributed by atoms with Gasteiger partial charge in [0.2, 0.25) is 0 Å². The highest BCUT2D eigenvalue weighted by molar-refractivity contribution is 5.69. The van der Waals surface area contributed by atoms with Gasteiger partial charge >= 0.3 is 5.97 Å². The number of esters is 1. The number of ether oxygens (including phenoxy) is 2. The first kappa shape index (κ1) is 9.06. The summed E-state index contributed by atoms with van der Waals surface area (Å²) in [7, 11) is 0. The lowest BCUT2D eigenvalue weighted by Crippen LogP contribution is -2.11. The van der Waals surface area contributed by atoms with Crippen LogP contribution in [0.5, 0.6) is 5.75 Å². The molecule has 1 heterocycles. The van der Waals surface area contributed by atoms with Crippen LogP contribution in [-0.4, -0.2) is 12.6 Å². The van der Waals surface area contributed by atoms with Crippen molar-refractivity contribution in [2.45, 2.75) is 19.4 Å². The summed E-state index contributed by atoms with van der Waals surface area (Å²) < 4.78 is 10.6. The maximum atomic E-state index is 11.1. The van der Waals surface area contributed by atoms with Gasteiger partial charge in [-0.15, -0.1) is 0 Å². The van der Waals surface area contributed by atoms with Crippen molar-refractivity contribution in [1.29, 1.82) is 0 Å². The van der Waals surface area contributed by atoms with E-state index in [1.54, 1.807) is 6.92 Å². The fraction of sp³-hybridized carbons (Fsp3) is 0.364. The first-order valence-corrected chi connectivity index (χ1v) is 4.72. The van der Waals surface area contributed by atoms with Crippen LogP contribution in [0.4, 0.5) is 0 Å². The molecule has 0 saturated carbocycles. The first-order chi connectivity index (χ1) is 6.81. The van der Waals surface area contributed by atoms with Gasteiger partial charge in [0.05, 0.1) is 0 Å². The Morgan fingerprint density at radius 3 is 3.14 bits per heavy atom. The van der Waals surface area contributed by atoms with Crippen molar-refractivity contribution >= 4 is 5.97 Å². The van der Waals surface area contributed by atoms with Crippen molar-refractivity contribution in [2.75, 3.05) is 6.61 Å². The van der Waals surface area contributed by atoms with Crippen molar-refractivity contribution in [3.8, 4) is 5.75 Å². The van der Waals surface area contributed by atoms with Gasteiger partial charge in [-0.3, -0.25) is 4.79 Å². The van der Waals surface area contributed by atoms with Crippen molar-refractivity contribution < 1.29 is 14.3 Å². The SMILES string of the molecule is CCC(=O)OC1COc2ccccc21. The van der Waals surface area contributed by atoms with E-state index in [2.05, 4.69) is 0 Å². The fourth-order valence-corrected chi connectivity index (χ4v) is 1.47. The third-order valence-corrected chi connectivity index (χ3v) is 2.22. The third-order valence-electron chi connectivity index (χ3n) is 2.22. The summed E-state index contributed by atoms with van der Waals surface area (Å²) in [6.45, 7) is 2.22. The quantitative estimate of drug-likeness (QED) is 0.673. The van der Waals surface area contributed by atoms with Crippen LogP contribution in [-0.2, 0) is 9.53 Å². The summed E-state index contributed by atoms with van der Waals surface area (Å²) in [5, 5.41) is 0. The maximum Gasteiger partial charge on any atom is 0.306 e. The van der Waals surface area contributed by atoms with Gasteiger partial charge in [0.1, 0.15) is 12.4 Å². The molecule has 1 aliphatic heterocycles. The van der Waals surface area contributed by atoms with Gasteiger partial charge in [-0.05, 0) is 6.07 Å². The molecule has 0 N–H and O–H groups in total. The van der Waals surface area contributed by atoms with E-state index < -0.39 is 0 Å². The summed E-state index contributed by atoms with van der Waals surface area (Å²) in [6.07, 6.45) is 0.178. The molecule has 0 fully saturated rings. The molecule has 3 heteroatoms. The smallest absolute Gasteiger partial charge is 0.306 e. The average Bonchev–Trinajstić information content (AvgIpc) is 2.62. The molecule has 3 nitrogen and oxygen atoms in total. The summed E-state index contributed by atoms with van der Waals surface area (Å²) in [5.74, 6) is 0.636. The molecule has 1 aliphatic rings. The molecule has 0 aromatic heterocycles. The highest BCUT2D eigenvalue weighted by Crippen LogP contribution is 2.34. The highest BCUT2D eigenvalue weighted by atomic mass is 16.6. The van der Waals surface area contributed by atoms with Gasteiger partial charge in [-0.25, -0.2) is 0 Å². The highest BCUT2D eigenvalue weighted by Gasteiger charge is 2.26. The Kier molecular flexibility index (Phi) is 2.39. The van der Waals surface area contributed by atoms with Gasteiger partial charge in [0.25, 0.3) is 0 Å². The Morgan fingerprint density at radius 1 is 1.57 bits per heavy atom. The van der Waals surface area contributed by atoms with E-state index in [1.807, 2.05) is 24.3 Å². The first-order valence-electron chi connectivity index (χ1n) is 4.72. The third kappa shape index (κ3) is 1.58. The number of hydrogen-bond acceptors (Lipinski definition) is 3. The van der Waals surface area contributed by atoms with E-state index in [-0.39, 0.29) is 12.1 Å². The second kappa shape index (κ2) is 3.70. The van der Waals surface area contributed by atoms with Crippen LogP contribution >= 0.6 is 0 Å². The normalized spacial score (nSPS) is 18.5. The monoisotopic (exact) mass is 192 g/mol. The topological polar surface area (TPSA) is 35.5 Å². The number of fused-ring (bicyclic) bond motifs is 1. The number of carbonyl (C=O) groups is 1. The lowest BCUT2D eigenvalue weighted by Gasteiger charge is -2.09. The van der Waals surface area contributed by atoms with Crippen LogP contribution in [0, 0.1) is 0 Å². The molecule has 0 radical (unpaired) electrons. The van der Waals surface area contributed by atoms with Crippen molar-refractivity contribution in [2.24, 2.45) is 0 Å². The number of rotatable bonds is 2. The van der Waals surface area contributed by atoms with E-state index in [1.165, 1.54) is 0 Å². The largest absolute Gasteiger partial charge is 0.489 e. The molecule has 1 aromatic carbocycles. The molecule has 0 amide bonds. The summed E-state index contributed by atoms with van der Waals surface area (Å²) in [5.41, 5.74) is 0.967. The van der Waals surface area contributed by atoms with E-state index >= 15 is 0 Å². The van der Waals surface area contributed by atoms with Crippen LogP contribution in [0.2, 0.25) is 0 Å². The zero-order chi connectivity index (χ0) is 9.97. The summed E-state index contributed by atoms with van der Waals surface area (Å²) in [4.78, 5) is 11.1. The lowest BCUT2D eigenvalue weighted by molar-refractivity contribution is -0.149. The minimum Gasteiger partial charge on any atom is -0.489 e. The summed E-state index contributed by atoms with van der Waals surface area (Å²) >= 11 is 0. The predicted molar refractivity (Wildman–Crippen MR) is 51.1 cm³/mol. The maximum absolute atomic E-state index is 11.1. The van der Waals surface area contributed by atoms with Crippen LogP contribution < -0.4 is 4.74 Å². The standard InChI is InChI=1S/C11H12O3/c1-2-11(12)14-10-7-13-9-6-4-3-5-8(9)10/h3-6,10H,2,7H2,1H3. The van der Waals surface area contributed by atoms with Crippen LogP contribution in [0.15, 0.2) is 24.3 Å². The molecule has 74 valence electrons. The zero-order valence-corrected chi connectivity index (χ0v) is 8.03. The van der Waals surface area contributed by atoms with Crippen molar-refractivity contribution in [3.63, 3.8) is 0 Å². The summed E-state index contributed by atoms with van der Waals surface area (Å²) in [6, 6.07) is 7.63. The Balaban J connectivity index is 2.14. The lowest BCUT2D eigenvalue weighted by atomic mass is 10.1. The van der Waals surface area contributed by atoms with Crippen molar-refractivity contribution in [3.05, 3.63) is 29.8 Å². The molecular formula is C11H12O3. The Morgan fingerprint density at radius 2 is 2.36 bits per heavy atom. The second-order valence-corrected chi connectivity index (χ2v) is 3.18. The van der Waals surface area contributed by atoms with Gasteiger partial charge in [-0.2, -0.15) is 0 Å². The van der Waals surface area contributed by atoms with Gasteiger partial charge < -0.3 is 9.47 Å². The minimum atomic E-state index is -0.223.